The van der Waals surface area contributed by atoms with Crippen molar-refractivity contribution in [1.29, 1.82) is 0 Å². The molecule has 11 unspecified atom stereocenters. The van der Waals surface area contributed by atoms with E-state index in [0.29, 0.717) is 38.5 Å². The molecule has 21 heteroatoms. The number of fused-ring (bicyclic) bond motifs is 2. The highest BCUT2D eigenvalue weighted by Crippen LogP contribution is 2.89. The van der Waals surface area contributed by atoms with E-state index in [9.17, 15) is 43.8 Å². The number of rotatable bonds is 14. The first-order valence-corrected chi connectivity index (χ1v) is 27.1. The lowest BCUT2D eigenvalue weighted by atomic mass is 9.41. The summed E-state index contributed by atoms with van der Waals surface area (Å²) in [6.07, 6.45) is -8.95. The summed E-state index contributed by atoms with van der Waals surface area (Å²) in [6.45, 7) is 21.9. The molecule has 21 atom stereocenters. The highest BCUT2D eigenvalue weighted by Gasteiger charge is 2.85. The van der Waals surface area contributed by atoms with Crippen LogP contribution in [0.15, 0.2) is 0 Å². The number of hydrogen-bond donors (Lipinski definition) is 2. The molecule has 5 saturated carbocycles. The second kappa shape index (κ2) is 20.6. The van der Waals surface area contributed by atoms with Crippen LogP contribution in [0.3, 0.4) is 0 Å². The van der Waals surface area contributed by atoms with Crippen LogP contribution in [0.25, 0.3) is 0 Å². The molecule has 2 spiro atoms. The monoisotopic (exact) mass is 1080 g/mol. The summed E-state index contributed by atoms with van der Waals surface area (Å²) >= 11 is 0. The van der Waals surface area contributed by atoms with Crippen LogP contribution in [0.2, 0.25) is 0 Å². The number of ether oxygens (including phenoxy) is 12. The zero-order valence-electron chi connectivity index (χ0n) is 46.7. The molecule has 0 aromatic carbocycles. The van der Waals surface area contributed by atoms with Crippen LogP contribution >= 0.6 is 0 Å². The lowest BCUT2D eigenvalue weighted by Crippen LogP contribution is -2.66. The summed E-state index contributed by atoms with van der Waals surface area (Å²) < 4.78 is 74.1. The molecule has 3 heterocycles. The van der Waals surface area contributed by atoms with Gasteiger partial charge < -0.3 is 67.1 Å². The minimum absolute atomic E-state index is 0.0635. The molecule has 0 amide bonds. The lowest BCUT2D eigenvalue weighted by molar-refractivity contribution is -0.341. The Balaban J connectivity index is 1.22. The molecule has 5 aliphatic carbocycles. The molecule has 0 aromatic heterocycles. The minimum atomic E-state index is -1.50. The molecule has 3 saturated heterocycles. The van der Waals surface area contributed by atoms with Crippen molar-refractivity contribution in [1.82, 2.24) is 0 Å². The van der Waals surface area contributed by atoms with Gasteiger partial charge in [-0.2, -0.15) is 0 Å². The Morgan fingerprint density at radius 2 is 1.16 bits per heavy atom. The number of hydrogen-bond acceptors (Lipinski definition) is 21. The highest BCUT2D eigenvalue weighted by molar-refractivity contribution is 5.69. The number of carbonyl (C=O) groups excluding carboxylic acids is 7. The summed E-state index contributed by atoms with van der Waals surface area (Å²) in [5.74, 6) is -5.81. The molecule has 0 aromatic rings. The van der Waals surface area contributed by atoms with E-state index < -0.39 is 161 Å². The Morgan fingerprint density at radius 1 is 0.592 bits per heavy atom. The van der Waals surface area contributed by atoms with Crippen molar-refractivity contribution < 1.29 is 101 Å². The van der Waals surface area contributed by atoms with Gasteiger partial charge in [0.15, 0.2) is 49.2 Å². The van der Waals surface area contributed by atoms with Gasteiger partial charge in [-0.15, -0.1) is 0 Å². The van der Waals surface area contributed by atoms with Crippen LogP contribution in [-0.4, -0.2) is 156 Å². The van der Waals surface area contributed by atoms with Crippen LogP contribution < -0.4 is 0 Å². The molecule has 3 aliphatic heterocycles. The van der Waals surface area contributed by atoms with Gasteiger partial charge in [-0.1, -0.05) is 27.7 Å². The van der Waals surface area contributed by atoms with Crippen molar-refractivity contribution in [2.75, 3.05) is 13.2 Å². The molecule has 2 N–H and O–H groups in total. The molecule has 8 aliphatic rings. The third-order valence-corrected chi connectivity index (χ3v) is 19.6. The number of carbonyl (C=O) groups is 7. The van der Waals surface area contributed by atoms with E-state index in [0.717, 1.165) is 33.1 Å². The Hall–Kier alpha value is -3.99. The van der Waals surface area contributed by atoms with E-state index in [-0.39, 0.29) is 29.8 Å². The smallest absolute Gasteiger partial charge is 0.303 e. The maximum Gasteiger partial charge on any atom is 0.303 e. The predicted octanol–water partition coefficient (Wildman–Crippen LogP) is 4.72. The fraction of sp³-hybridized carbons (Fsp3) is 0.873. The molecule has 76 heavy (non-hydrogen) atoms. The Bertz CT molecular complexity index is 2280. The first-order chi connectivity index (χ1) is 35.2. The second-order valence-electron chi connectivity index (χ2n) is 25.2. The summed E-state index contributed by atoms with van der Waals surface area (Å²) in [5, 5.41) is 23.7. The van der Waals surface area contributed by atoms with Gasteiger partial charge in [0.25, 0.3) is 0 Å². The zero-order valence-corrected chi connectivity index (χ0v) is 46.7. The minimum Gasteiger partial charge on any atom is -0.463 e. The molecule has 8 rings (SSSR count). The van der Waals surface area contributed by atoms with Crippen molar-refractivity contribution in [3.05, 3.63) is 0 Å². The van der Waals surface area contributed by atoms with Crippen LogP contribution in [0, 0.1) is 44.8 Å². The van der Waals surface area contributed by atoms with Crippen LogP contribution in [0.1, 0.15) is 155 Å². The SMILES string of the molecule is CC(=O)OC[C@H]1OC(O[C@H]2C[C@@H]3C4(CCC5(C)C([C@@]6(C)CCC(C(C)(C)O)O6)C(O)C[C@@]35C)C[C@@]43CCC(OC4OC[C@@H](OC(C)=O)C(OC(C)=O)[C@H]4OC(C)=O)C(C)(C)[C@H]23)C(OC(C)=O)[C@@H](OC(C)=O)C1OC(C)=O. The molecule has 0 bridgehead atoms. The number of aliphatic hydroxyl groups is 2. The Labute approximate surface area is 444 Å². The van der Waals surface area contributed by atoms with E-state index in [1.807, 2.05) is 0 Å². The van der Waals surface area contributed by atoms with Crippen molar-refractivity contribution in [3.63, 3.8) is 0 Å². The summed E-state index contributed by atoms with van der Waals surface area (Å²) in [4.78, 5) is 88.6. The number of esters is 7. The van der Waals surface area contributed by atoms with Crippen molar-refractivity contribution in [3.8, 4) is 0 Å². The summed E-state index contributed by atoms with van der Waals surface area (Å²) in [7, 11) is 0. The van der Waals surface area contributed by atoms with Crippen LogP contribution in [0.4, 0.5) is 0 Å². The van der Waals surface area contributed by atoms with Gasteiger partial charge >= 0.3 is 41.8 Å². The third kappa shape index (κ3) is 10.2. The summed E-state index contributed by atoms with van der Waals surface area (Å²) in [5.41, 5.74) is -4.25. The normalized spacial score (nSPS) is 45.1. The Morgan fingerprint density at radius 3 is 1.72 bits per heavy atom. The molecule has 0 radical (unpaired) electrons. The van der Waals surface area contributed by atoms with Crippen molar-refractivity contribution in [2.24, 2.45) is 44.8 Å². The maximum absolute atomic E-state index is 13.1. The average molecular weight is 1080 g/mol. The maximum atomic E-state index is 13.1. The highest BCUT2D eigenvalue weighted by atomic mass is 16.7. The first kappa shape index (κ1) is 58.2. The Kier molecular flexibility index (Phi) is 15.8. The largest absolute Gasteiger partial charge is 0.463 e. The van der Waals surface area contributed by atoms with Crippen molar-refractivity contribution >= 4 is 41.8 Å². The predicted molar refractivity (Wildman–Crippen MR) is 261 cm³/mol. The van der Waals surface area contributed by atoms with Gasteiger partial charge in [0.05, 0.1) is 42.2 Å². The fourth-order valence-electron chi connectivity index (χ4n) is 16.9. The molecule has 428 valence electrons. The quantitative estimate of drug-likeness (QED) is 0.135. The van der Waals surface area contributed by atoms with Gasteiger partial charge in [0, 0.05) is 54.4 Å². The van der Waals surface area contributed by atoms with E-state index in [1.54, 1.807) is 13.8 Å². The lowest BCUT2D eigenvalue weighted by Gasteiger charge is -2.65. The van der Waals surface area contributed by atoms with Gasteiger partial charge in [0.2, 0.25) is 0 Å². The van der Waals surface area contributed by atoms with E-state index >= 15 is 0 Å². The zero-order chi connectivity index (χ0) is 56.0. The van der Waals surface area contributed by atoms with Crippen molar-refractivity contribution in [2.45, 2.75) is 246 Å². The number of aliphatic hydroxyl groups excluding tert-OH is 1. The molecule has 21 nitrogen and oxygen atoms in total. The fourth-order valence-corrected chi connectivity index (χ4v) is 16.9. The third-order valence-electron chi connectivity index (χ3n) is 19.6. The average Bonchev–Trinajstić information content (AvgIpc) is 3.71. The van der Waals surface area contributed by atoms with Gasteiger partial charge in [0.1, 0.15) is 12.7 Å². The first-order valence-electron chi connectivity index (χ1n) is 27.1. The topological polar surface area (TPSA) is 271 Å². The molecule has 8 fully saturated rings. The van der Waals surface area contributed by atoms with Crippen LogP contribution in [-0.2, 0) is 90.4 Å². The van der Waals surface area contributed by atoms with Gasteiger partial charge in [-0.3, -0.25) is 33.6 Å². The second-order valence-corrected chi connectivity index (χ2v) is 25.2. The van der Waals surface area contributed by atoms with Gasteiger partial charge in [-0.05, 0) is 117 Å². The van der Waals surface area contributed by atoms with Gasteiger partial charge in [-0.25, -0.2) is 0 Å². The summed E-state index contributed by atoms with van der Waals surface area (Å²) in [6, 6.07) is 0. The van der Waals surface area contributed by atoms with Crippen LogP contribution in [0.5, 0.6) is 0 Å². The van der Waals surface area contributed by atoms with E-state index in [1.165, 1.54) is 34.6 Å². The van der Waals surface area contributed by atoms with E-state index in [4.69, 9.17) is 56.8 Å². The molecular formula is C55H82O21. The molecular weight excluding hydrogens is 997 g/mol. The van der Waals surface area contributed by atoms with E-state index in [2.05, 4.69) is 34.6 Å². The standard InChI is InChI=1S/C55H82O21/c1-26(56)65-23-36-40(68-28(3)58)42(70-30(5)60)44(72-32(7)62)48(74-36)73-34-21-37-52(13)22-33(63)45(53(14)17-15-39(76-53)50(10,11)64)51(52,12)19-20-54(37)25-55(54)18-16-38(49(8,9)46(34)55)75-47-43(71-31(6)61)41(69-29(4)59)35(24-66-47)67-27(2)57/h33-48,63-64H,15-25H2,1-14H3/t33?,34-,35+,36+,37-,38?,39?,40?,41?,42-,43+,44?,45?,46-,47?,48?,51?,52-,53+,54?,55+/m0/s1.